The highest BCUT2D eigenvalue weighted by Crippen LogP contribution is 2.09. The van der Waals surface area contributed by atoms with Gasteiger partial charge >= 0.3 is 0 Å². The van der Waals surface area contributed by atoms with Crippen LogP contribution in [0.5, 0.6) is 0 Å². The van der Waals surface area contributed by atoms with Crippen LogP contribution < -0.4 is 0 Å². The molecule has 1 aliphatic heterocycles. The van der Waals surface area contributed by atoms with E-state index in [0.717, 1.165) is 5.92 Å². The summed E-state index contributed by atoms with van der Waals surface area (Å²) in [6.07, 6.45) is 0. The van der Waals surface area contributed by atoms with Crippen molar-refractivity contribution in [1.82, 2.24) is 4.90 Å². The van der Waals surface area contributed by atoms with Crippen molar-refractivity contribution in [2.45, 2.75) is 20.8 Å². The lowest BCUT2D eigenvalue weighted by atomic mass is 10.1. The van der Waals surface area contributed by atoms with Crippen LogP contribution in [0.3, 0.4) is 0 Å². The maximum atomic E-state index is 2.32. The average molecular weight is 115 g/mol. The molecule has 0 bridgehead atoms. The summed E-state index contributed by atoms with van der Waals surface area (Å²) in [4.78, 5) is 2.32. The first-order valence-corrected chi connectivity index (χ1v) is 3.47. The monoisotopic (exact) mass is 115 g/mol. The lowest BCUT2D eigenvalue weighted by Gasteiger charge is -2.33. The smallest absolute Gasteiger partial charge is 0.00163 e. The lowest BCUT2D eigenvalue weighted by molar-refractivity contribution is 0.149. The Labute approximate surface area is 52.7 Å². The van der Waals surface area contributed by atoms with Crippen molar-refractivity contribution in [2.75, 3.05) is 20.1 Å². The molecule has 1 aliphatic rings. The number of rotatable bonds is 0. The first-order valence-electron chi connectivity index (χ1n) is 3.47. The molecule has 0 spiro atoms. The zero-order valence-electron chi connectivity index (χ0n) is 6.44. The highest BCUT2D eigenvalue weighted by atomic mass is 15.2. The highest BCUT2D eigenvalue weighted by molar-refractivity contribution is 4.71. The molecule has 0 aromatic heterocycles. The van der Waals surface area contributed by atoms with E-state index in [0.29, 0.717) is 0 Å². The first kappa shape index (κ1) is 7.96. The van der Waals surface area contributed by atoms with Crippen molar-refractivity contribution in [3.8, 4) is 0 Å². The Bertz CT molecular complexity index is 40.3. The van der Waals surface area contributed by atoms with Crippen LogP contribution in [0.15, 0.2) is 0 Å². The molecule has 0 aromatic rings. The third-order valence-electron chi connectivity index (χ3n) is 1.25. The molecule has 0 aliphatic carbocycles. The van der Waals surface area contributed by atoms with Gasteiger partial charge in [-0.1, -0.05) is 20.8 Å². The van der Waals surface area contributed by atoms with Crippen molar-refractivity contribution in [2.24, 2.45) is 5.92 Å². The van der Waals surface area contributed by atoms with Crippen LogP contribution in [0, 0.1) is 5.92 Å². The fourth-order valence-electron chi connectivity index (χ4n) is 1.01. The van der Waals surface area contributed by atoms with Gasteiger partial charge in [0, 0.05) is 13.1 Å². The third kappa shape index (κ3) is 2.31. The van der Waals surface area contributed by atoms with Crippen molar-refractivity contribution < 1.29 is 0 Å². The molecule has 0 radical (unpaired) electrons. The van der Waals surface area contributed by atoms with E-state index < -0.39 is 0 Å². The Kier molecular flexibility index (Phi) is 3.88. The van der Waals surface area contributed by atoms with E-state index >= 15 is 0 Å². The van der Waals surface area contributed by atoms with Crippen LogP contribution >= 0.6 is 0 Å². The van der Waals surface area contributed by atoms with Gasteiger partial charge in [0.25, 0.3) is 0 Å². The zero-order valence-corrected chi connectivity index (χ0v) is 6.44. The Hall–Kier alpha value is -0.0400. The van der Waals surface area contributed by atoms with Gasteiger partial charge in [-0.15, -0.1) is 0 Å². The molecule has 0 saturated carbocycles. The molecule has 1 heteroatoms. The van der Waals surface area contributed by atoms with Gasteiger partial charge in [-0.05, 0) is 13.0 Å². The Morgan fingerprint density at radius 1 is 1.25 bits per heavy atom. The standard InChI is InChI=1S/C5H11N.C2H6/c1-5-3-6(2)4-5;1-2/h5H,3-4H2,1-2H3;1-2H3. The summed E-state index contributed by atoms with van der Waals surface area (Å²) < 4.78 is 0. The SMILES string of the molecule is CC.CC1CN(C)C1. The van der Waals surface area contributed by atoms with E-state index in [9.17, 15) is 0 Å². The highest BCUT2D eigenvalue weighted by Gasteiger charge is 2.16. The van der Waals surface area contributed by atoms with E-state index in [4.69, 9.17) is 0 Å². The number of hydrogen-bond donors (Lipinski definition) is 0. The van der Waals surface area contributed by atoms with Crippen LogP contribution in [0.25, 0.3) is 0 Å². The van der Waals surface area contributed by atoms with E-state index in [1.807, 2.05) is 13.8 Å². The average Bonchev–Trinajstić information content (AvgIpc) is 1.70. The predicted molar refractivity (Wildman–Crippen MR) is 38.0 cm³/mol. The molecule has 8 heavy (non-hydrogen) atoms. The fourth-order valence-corrected chi connectivity index (χ4v) is 1.01. The molecule has 0 aromatic carbocycles. The molecule has 50 valence electrons. The summed E-state index contributed by atoms with van der Waals surface area (Å²) in [5.74, 6) is 0.968. The largest absolute Gasteiger partial charge is 0.306 e. The minimum atomic E-state index is 0.968. The van der Waals surface area contributed by atoms with E-state index in [2.05, 4.69) is 18.9 Å². The zero-order chi connectivity index (χ0) is 6.57. The molecule has 0 atom stereocenters. The van der Waals surface area contributed by atoms with Gasteiger partial charge in [0.2, 0.25) is 0 Å². The Morgan fingerprint density at radius 2 is 1.62 bits per heavy atom. The number of nitrogens with zero attached hydrogens (tertiary/aromatic N) is 1. The number of hydrogen-bond acceptors (Lipinski definition) is 1. The van der Waals surface area contributed by atoms with Crippen LogP contribution in [0.1, 0.15) is 20.8 Å². The molecule has 0 amide bonds. The molecule has 0 N–H and O–H groups in total. The topological polar surface area (TPSA) is 3.24 Å². The van der Waals surface area contributed by atoms with E-state index in [1.165, 1.54) is 13.1 Å². The first-order chi connectivity index (χ1) is 3.79. The van der Waals surface area contributed by atoms with Crippen molar-refractivity contribution in [1.29, 1.82) is 0 Å². The molecule has 1 nitrogen and oxygen atoms in total. The Morgan fingerprint density at radius 3 is 1.62 bits per heavy atom. The third-order valence-corrected chi connectivity index (χ3v) is 1.25. The molecular weight excluding hydrogens is 98.1 g/mol. The van der Waals surface area contributed by atoms with Crippen LogP contribution in [-0.2, 0) is 0 Å². The van der Waals surface area contributed by atoms with Crippen LogP contribution in [-0.4, -0.2) is 25.0 Å². The van der Waals surface area contributed by atoms with Gasteiger partial charge in [0.1, 0.15) is 0 Å². The summed E-state index contributed by atoms with van der Waals surface area (Å²) in [6, 6.07) is 0. The summed E-state index contributed by atoms with van der Waals surface area (Å²) in [7, 11) is 2.15. The Balaban J connectivity index is 0.000000222. The molecule has 1 fully saturated rings. The lowest BCUT2D eigenvalue weighted by Crippen LogP contribution is -2.41. The maximum Gasteiger partial charge on any atom is 0.00163 e. The predicted octanol–water partition coefficient (Wildman–Crippen LogP) is 1.59. The van der Waals surface area contributed by atoms with Gasteiger partial charge < -0.3 is 4.90 Å². The second-order valence-corrected chi connectivity index (χ2v) is 2.33. The normalized spacial score (nSPS) is 21.0. The van der Waals surface area contributed by atoms with Gasteiger partial charge in [-0.25, -0.2) is 0 Å². The van der Waals surface area contributed by atoms with Crippen molar-refractivity contribution >= 4 is 0 Å². The van der Waals surface area contributed by atoms with Crippen LogP contribution in [0.2, 0.25) is 0 Å². The summed E-state index contributed by atoms with van der Waals surface area (Å²) in [5, 5.41) is 0. The second-order valence-electron chi connectivity index (χ2n) is 2.33. The molecule has 1 saturated heterocycles. The van der Waals surface area contributed by atoms with E-state index in [-0.39, 0.29) is 0 Å². The van der Waals surface area contributed by atoms with E-state index in [1.54, 1.807) is 0 Å². The second kappa shape index (κ2) is 3.90. The van der Waals surface area contributed by atoms with Crippen molar-refractivity contribution in [3.05, 3.63) is 0 Å². The van der Waals surface area contributed by atoms with Gasteiger partial charge in [-0.2, -0.15) is 0 Å². The summed E-state index contributed by atoms with van der Waals surface area (Å²) in [6.45, 7) is 8.89. The molecule has 1 heterocycles. The van der Waals surface area contributed by atoms with Crippen molar-refractivity contribution in [3.63, 3.8) is 0 Å². The van der Waals surface area contributed by atoms with Crippen LogP contribution in [0.4, 0.5) is 0 Å². The summed E-state index contributed by atoms with van der Waals surface area (Å²) in [5.41, 5.74) is 0. The molecule has 0 unspecified atom stereocenters. The minimum Gasteiger partial charge on any atom is -0.306 e. The minimum absolute atomic E-state index is 0.968. The maximum absolute atomic E-state index is 2.32. The molecular formula is C7H17N. The summed E-state index contributed by atoms with van der Waals surface area (Å²) >= 11 is 0. The van der Waals surface area contributed by atoms with Gasteiger partial charge in [-0.3, -0.25) is 0 Å². The molecule has 1 rings (SSSR count). The van der Waals surface area contributed by atoms with Gasteiger partial charge in [0.15, 0.2) is 0 Å². The van der Waals surface area contributed by atoms with Gasteiger partial charge in [0.05, 0.1) is 0 Å². The quantitative estimate of drug-likeness (QED) is 0.463. The number of likely N-dealkylation sites (tertiary alicyclic amines) is 1. The fraction of sp³-hybridized carbons (Fsp3) is 1.00.